The molecule has 3 rings (SSSR count). The summed E-state index contributed by atoms with van der Waals surface area (Å²) in [6, 6.07) is 5.22. The van der Waals surface area contributed by atoms with Gasteiger partial charge in [0, 0.05) is 18.7 Å². The predicted molar refractivity (Wildman–Crippen MR) is 75.3 cm³/mol. The van der Waals surface area contributed by atoms with Crippen LogP contribution >= 0.6 is 11.6 Å². The Kier molecular flexibility index (Phi) is 3.60. The van der Waals surface area contributed by atoms with Crippen molar-refractivity contribution in [3.63, 3.8) is 0 Å². The van der Waals surface area contributed by atoms with Crippen molar-refractivity contribution in [1.29, 1.82) is 0 Å². The molecule has 1 aromatic heterocycles. The van der Waals surface area contributed by atoms with Crippen LogP contribution in [0.25, 0.3) is 11.5 Å². The Labute approximate surface area is 121 Å². The fourth-order valence-electron chi connectivity index (χ4n) is 2.09. The van der Waals surface area contributed by atoms with Crippen molar-refractivity contribution >= 4 is 17.3 Å². The number of rotatable bonds is 2. The number of aromatic nitrogens is 2. The van der Waals surface area contributed by atoms with Crippen LogP contribution in [0.2, 0.25) is 5.02 Å². The Morgan fingerprint density at radius 1 is 1.45 bits per heavy atom. The Morgan fingerprint density at radius 2 is 2.30 bits per heavy atom. The molecule has 1 fully saturated rings. The molecular formula is C13H15ClN4O2. The summed E-state index contributed by atoms with van der Waals surface area (Å²) >= 11 is 5.89. The average Bonchev–Trinajstić information content (AvgIpc) is 2.92. The number of morpholine rings is 1. The minimum atomic E-state index is -0.157. The van der Waals surface area contributed by atoms with Crippen molar-refractivity contribution in [3.05, 3.63) is 29.0 Å². The van der Waals surface area contributed by atoms with E-state index in [0.717, 1.165) is 18.7 Å². The maximum absolute atomic E-state index is 5.89. The largest absolute Gasteiger partial charge is 0.398 e. The van der Waals surface area contributed by atoms with Crippen molar-refractivity contribution < 1.29 is 9.26 Å². The molecule has 7 heteroatoms. The zero-order valence-corrected chi connectivity index (χ0v) is 11.8. The molecule has 2 heterocycles. The quantitative estimate of drug-likeness (QED) is 0.853. The van der Waals surface area contributed by atoms with Gasteiger partial charge in [0.1, 0.15) is 6.10 Å². The van der Waals surface area contributed by atoms with E-state index >= 15 is 0 Å². The van der Waals surface area contributed by atoms with Crippen molar-refractivity contribution in [1.82, 2.24) is 15.0 Å². The van der Waals surface area contributed by atoms with Gasteiger partial charge in [-0.05, 0) is 25.2 Å². The Hall–Kier alpha value is -1.63. The molecule has 0 bridgehead atoms. The number of hydrogen-bond acceptors (Lipinski definition) is 6. The molecule has 106 valence electrons. The fraction of sp³-hybridized carbons (Fsp3) is 0.385. The molecule has 0 spiro atoms. The average molecular weight is 295 g/mol. The number of benzene rings is 1. The first-order chi connectivity index (χ1) is 9.63. The number of hydrogen-bond donors (Lipinski definition) is 1. The van der Waals surface area contributed by atoms with Crippen molar-refractivity contribution in [2.24, 2.45) is 0 Å². The Balaban J connectivity index is 1.84. The van der Waals surface area contributed by atoms with Crippen LogP contribution in [-0.4, -0.2) is 41.8 Å². The number of anilines is 1. The van der Waals surface area contributed by atoms with Gasteiger partial charge < -0.3 is 19.9 Å². The number of nitrogen functional groups attached to an aromatic ring is 1. The molecule has 0 radical (unpaired) electrons. The molecule has 1 unspecified atom stereocenters. The van der Waals surface area contributed by atoms with Gasteiger partial charge >= 0.3 is 0 Å². The molecule has 1 aliphatic rings. The van der Waals surface area contributed by atoms with Crippen LogP contribution in [0.3, 0.4) is 0 Å². The van der Waals surface area contributed by atoms with Gasteiger partial charge in [-0.15, -0.1) is 0 Å². The SMILES string of the molecule is CN1CCOC(c2noc(-c3ccc(Cl)c(N)c3)n2)C1. The second-order valence-electron chi connectivity index (χ2n) is 4.82. The highest BCUT2D eigenvalue weighted by atomic mass is 35.5. The van der Waals surface area contributed by atoms with Gasteiger partial charge in [0.25, 0.3) is 5.89 Å². The maximum atomic E-state index is 5.89. The molecule has 1 aliphatic heterocycles. The Bertz CT molecular complexity index is 616. The summed E-state index contributed by atoms with van der Waals surface area (Å²) in [5.41, 5.74) is 7.00. The highest BCUT2D eigenvalue weighted by Crippen LogP contribution is 2.27. The molecule has 2 aromatic rings. The van der Waals surface area contributed by atoms with Crippen LogP contribution in [0.1, 0.15) is 11.9 Å². The number of nitrogens with two attached hydrogens (primary N) is 1. The summed E-state index contributed by atoms with van der Waals surface area (Å²) in [4.78, 5) is 6.55. The second-order valence-corrected chi connectivity index (χ2v) is 5.22. The zero-order valence-electron chi connectivity index (χ0n) is 11.0. The molecule has 1 saturated heterocycles. The second kappa shape index (κ2) is 5.40. The van der Waals surface area contributed by atoms with E-state index in [-0.39, 0.29) is 6.10 Å². The van der Waals surface area contributed by atoms with Crippen LogP contribution < -0.4 is 5.73 Å². The van der Waals surface area contributed by atoms with E-state index in [2.05, 4.69) is 15.0 Å². The van der Waals surface area contributed by atoms with Crippen LogP contribution in [0.15, 0.2) is 22.7 Å². The molecule has 1 atom stereocenters. The third kappa shape index (κ3) is 2.63. The van der Waals surface area contributed by atoms with Crippen LogP contribution in [0, 0.1) is 0 Å². The molecular weight excluding hydrogens is 280 g/mol. The van der Waals surface area contributed by atoms with E-state index in [0.29, 0.717) is 29.0 Å². The summed E-state index contributed by atoms with van der Waals surface area (Å²) in [6.45, 7) is 2.33. The van der Waals surface area contributed by atoms with Gasteiger partial charge in [0.2, 0.25) is 5.82 Å². The predicted octanol–water partition coefficient (Wildman–Crippen LogP) is 1.98. The molecule has 1 aromatic carbocycles. The lowest BCUT2D eigenvalue weighted by Crippen LogP contribution is -2.35. The highest BCUT2D eigenvalue weighted by molar-refractivity contribution is 6.33. The van der Waals surface area contributed by atoms with Gasteiger partial charge in [0.05, 0.1) is 17.3 Å². The molecule has 0 amide bonds. The fourth-order valence-corrected chi connectivity index (χ4v) is 2.21. The smallest absolute Gasteiger partial charge is 0.258 e. The summed E-state index contributed by atoms with van der Waals surface area (Å²) in [6.07, 6.45) is -0.157. The third-order valence-electron chi connectivity index (χ3n) is 3.24. The summed E-state index contributed by atoms with van der Waals surface area (Å²) in [7, 11) is 2.04. The van der Waals surface area contributed by atoms with E-state index in [1.165, 1.54) is 0 Å². The molecule has 0 saturated carbocycles. The highest BCUT2D eigenvalue weighted by Gasteiger charge is 2.24. The van der Waals surface area contributed by atoms with E-state index < -0.39 is 0 Å². The van der Waals surface area contributed by atoms with E-state index in [1.807, 2.05) is 7.05 Å². The number of nitrogens with zero attached hydrogens (tertiary/aromatic N) is 3. The van der Waals surface area contributed by atoms with Gasteiger partial charge in [0.15, 0.2) is 0 Å². The van der Waals surface area contributed by atoms with Crippen LogP contribution in [-0.2, 0) is 4.74 Å². The van der Waals surface area contributed by atoms with Crippen molar-refractivity contribution in [2.75, 3.05) is 32.5 Å². The summed E-state index contributed by atoms with van der Waals surface area (Å²) < 4.78 is 10.9. The molecule has 2 N–H and O–H groups in total. The van der Waals surface area contributed by atoms with Crippen LogP contribution in [0.5, 0.6) is 0 Å². The van der Waals surface area contributed by atoms with Crippen molar-refractivity contribution in [2.45, 2.75) is 6.10 Å². The number of halogens is 1. The van der Waals surface area contributed by atoms with E-state index in [4.69, 9.17) is 26.6 Å². The lowest BCUT2D eigenvalue weighted by molar-refractivity contribution is -0.0264. The minimum absolute atomic E-state index is 0.157. The summed E-state index contributed by atoms with van der Waals surface area (Å²) in [5, 5.41) is 4.50. The monoisotopic (exact) mass is 294 g/mol. The number of likely N-dealkylation sites (N-methyl/N-ethyl adjacent to an activating group) is 1. The lowest BCUT2D eigenvalue weighted by atomic mass is 10.2. The summed E-state index contributed by atoms with van der Waals surface area (Å²) in [5.74, 6) is 0.972. The van der Waals surface area contributed by atoms with Gasteiger partial charge in [-0.1, -0.05) is 16.8 Å². The molecule has 6 nitrogen and oxygen atoms in total. The topological polar surface area (TPSA) is 77.4 Å². The molecule has 20 heavy (non-hydrogen) atoms. The van der Waals surface area contributed by atoms with Gasteiger partial charge in [-0.2, -0.15) is 4.98 Å². The first kappa shape index (κ1) is 13.4. The van der Waals surface area contributed by atoms with Gasteiger partial charge in [-0.3, -0.25) is 0 Å². The third-order valence-corrected chi connectivity index (χ3v) is 3.59. The first-order valence-corrected chi connectivity index (χ1v) is 6.70. The van der Waals surface area contributed by atoms with E-state index in [9.17, 15) is 0 Å². The standard InChI is InChI=1S/C13H15ClN4O2/c1-18-4-5-19-11(7-18)12-16-13(20-17-12)8-2-3-9(14)10(15)6-8/h2-3,6,11H,4-5,7,15H2,1H3. The Morgan fingerprint density at radius 3 is 3.05 bits per heavy atom. The van der Waals surface area contributed by atoms with E-state index in [1.54, 1.807) is 18.2 Å². The normalized spacial score (nSPS) is 20.2. The van der Waals surface area contributed by atoms with Gasteiger partial charge in [-0.25, -0.2) is 0 Å². The lowest BCUT2D eigenvalue weighted by Gasteiger charge is -2.27. The maximum Gasteiger partial charge on any atom is 0.258 e. The van der Waals surface area contributed by atoms with Crippen molar-refractivity contribution in [3.8, 4) is 11.5 Å². The van der Waals surface area contributed by atoms with Crippen LogP contribution in [0.4, 0.5) is 5.69 Å². The molecule has 0 aliphatic carbocycles. The minimum Gasteiger partial charge on any atom is -0.398 e. The first-order valence-electron chi connectivity index (χ1n) is 6.32. The zero-order chi connectivity index (χ0) is 14.1. The number of ether oxygens (including phenoxy) is 1.